The molecule has 1 atom stereocenters. The minimum absolute atomic E-state index is 0.614. The molecule has 3 heteroatoms. The first-order chi connectivity index (χ1) is 6.90. The third kappa shape index (κ3) is 2.35. The fraction of sp³-hybridized carbons (Fsp3) is 0.636. The van der Waals surface area contributed by atoms with Gasteiger partial charge in [-0.15, -0.1) is 0 Å². The summed E-state index contributed by atoms with van der Waals surface area (Å²) in [6.07, 6.45) is 3.96. The van der Waals surface area contributed by atoms with Crippen molar-refractivity contribution in [3.8, 4) is 0 Å². The summed E-state index contributed by atoms with van der Waals surface area (Å²) in [5.74, 6) is 0. The van der Waals surface area contributed by atoms with Crippen LogP contribution in [0.4, 0.5) is 0 Å². The Morgan fingerprint density at radius 1 is 1.50 bits per heavy atom. The maximum absolute atomic E-state index is 5.78. The summed E-state index contributed by atoms with van der Waals surface area (Å²) in [4.78, 5) is 2.53. The van der Waals surface area contributed by atoms with Crippen LogP contribution in [0, 0.1) is 0 Å². The van der Waals surface area contributed by atoms with Gasteiger partial charge in [-0.05, 0) is 41.8 Å². The van der Waals surface area contributed by atoms with Gasteiger partial charge in [0.05, 0.1) is 0 Å². The summed E-state index contributed by atoms with van der Waals surface area (Å²) in [6, 6.07) is 2.83. The molecule has 1 aliphatic heterocycles. The van der Waals surface area contributed by atoms with Gasteiger partial charge in [-0.3, -0.25) is 4.90 Å². The van der Waals surface area contributed by atoms with E-state index in [2.05, 4.69) is 21.7 Å². The molecule has 0 saturated carbocycles. The highest BCUT2D eigenvalue weighted by atomic mass is 32.1. The summed E-state index contributed by atoms with van der Waals surface area (Å²) >= 11 is 1.78. The standard InChI is InChI=1S/C11H18N2S/c12-7-11-3-1-2-5-13(11)8-10-4-6-14-9-10/h4,6,9,11H,1-3,5,7-8,12H2. The fourth-order valence-corrected chi connectivity index (χ4v) is 2.81. The molecule has 14 heavy (non-hydrogen) atoms. The molecule has 1 unspecified atom stereocenters. The number of nitrogens with two attached hydrogens (primary N) is 1. The SMILES string of the molecule is NCC1CCCCN1Cc1ccsc1. The van der Waals surface area contributed by atoms with E-state index in [0.717, 1.165) is 13.1 Å². The van der Waals surface area contributed by atoms with Crippen LogP contribution < -0.4 is 5.73 Å². The molecule has 2 nitrogen and oxygen atoms in total. The number of thiophene rings is 1. The van der Waals surface area contributed by atoms with E-state index in [0.29, 0.717) is 6.04 Å². The monoisotopic (exact) mass is 210 g/mol. The quantitative estimate of drug-likeness (QED) is 0.827. The highest BCUT2D eigenvalue weighted by Gasteiger charge is 2.20. The Bertz CT molecular complexity index is 258. The normalized spacial score (nSPS) is 23.9. The number of rotatable bonds is 3. The zero-order valence-electron chi connectivity index (χ0n) is 8.48. The lowest BCUT2D eigenvalue weighted by Gasteiger charge is -2.34. The van der Waals surface area contributed by atoms with Crippen LogP contribution in [0.5, 0.6) is 0 Å². The van der Waals surface area contributed by atoms with Crippen LogP contribution in [0.2, 0.25) is 0 Å². The molecule has 0 amide bonds. The van der Waals surface area contributed by atoms with Crippen LogP contribution in [0.15, 0.2) is 16.8 Å². The van der Waals surface area contributed by atoms with Crippen LogP contribution in [0.25, 0.3) is 0 Å². The molecular weight excluding hydrogens is 192 g/mol. The molecular formula is C11H18N2S. The van der Waals surface area contributed by atoms with Crippen LogP contribution in [0.3, 0.4) is 0 Å². The van der Waals surface area contributed by atoms with Crippen molar-refractivity contribution in [3.63, 3.8) is 0 Å². The van der Waals surface area contributed by atoms with Crippen molar-refractivity contribution in [2.45, 2.75) is 31.8 Å². The van der Waals surface area contributed by atoms with Gasteiger partial charge >= 0.3 is 0 Å². The molecule has 78 valence electrons. The number of likely N-dealkylation sites (tertiary alicyclic amines) is 1. The molecule has 0 bridgehead atoms. The second-order valence-corrected chi connectivity index (χ2v) is 4.77. The van der Waals surface area contributed by atoms with Gasteiger partial charge in [-0.2, -0.15) is 11.3 Å². The second kappa shape index (κ2) is 4.91. The molecule has 1 fully saturated rings. The zero-order chi connectivity index (χ0) is 9.80. The Kier molecular flexibility index (Phi) is 3.56. The van der Waals surface area contributed by atoms with Crippen molar-refractivity contribution >= 4 is 11.3 Å². The largest absolute Gasteiger partial charge is 0.329 e. The summed E-state index contributed by atoms with van der Waals surface area (Å²) < 4.78 is 0. The Balaban J connectivity index is 1.94. The van der Waals surface area contributed by atoms with Crippen molar-refractivity contribution in [2.75, 3.05) is 13.1 Å². The predicted octanol–water partition coefficient (Wildman–Crippen LogP) is 2.06. The van der Waals surface area contributed by atoms with E-state index >= 15 is 0 Å². The molecule has 2 N–H and O–H groups in total. The van der Waals surface area contributed by atoms with E-state index in [4.69, 9.17) is 5.73 Å². The molecule has 0 aromatic carbocycles. The van der Waals surface area contributed by atoms with Crippen LogP contribution >= 0.6 is 11.3 Å². The minimum atomic E-state index is 0.614. The van der Waals surface area contributed by atoms with Crippen molar-refractivity contribution in [3.05, 3.63) is 22.4 Å². The lowest BCUT2D eigenvalue weighted by molar-refractivity contribution is 0.145. The molecule has 1 aromatic rings. The molecule has 1 aromatic heterocycles. The van der Waals surface area contributed by atoms with Gasteiger partial charge in [-0.1, -0.05) is 6.42 Å². The van der Waals surface area contributed by atoms with E-state index in [1.807, 2.05) is 0 Å². The van der Waals surface area contributed by atoms with E-state index < -0.39 is 0 Å². The molecule has 1 saturated heterocycles. The van der Waals surface area contributed by atoms with Gasteiger partial charge < -0.3 is 5.73 Å². The van der Waals surface area contributed by atoms with Gasteiger partial charge in [0.1, 0.15) is 0 Å². The van der Waals surface area contributed by atoms with Crippen molar-refractivity contribution in [1.29, 1.82) is 0 Å². The number of hydrogen-bond acceptors (Lipinski definition) is 3. The molecule has 0 radical (unpaired) electrons. The fourth-order valence-electron chi connectivity index (χ4n) is 2.15. The Labute approximate surface area is 89.7 Å². The van der Waals surface area contributed by atoms with E-state index in [1.165, 1.54) is 31.4 Å². The van der Waals surface area contributed by atoms with E-state index in [-0.39, 0.29) is 0 Å². The van der Waals surface area contributed by atoms with Gasteiger partial charge in [0.2, 0.25) is 0 Å². The Morgan fingerprint density at radius 2 is 2.43 bits per heavy atom. The van der Waals surface area contributed by atoms with Crippen LogP contribution in [0.1, 0.15) is 24.8 Å². The highest BCUT2D eigenvalue weighted by Crippen LogP contribution is 2.19. The van der Waals surface area contributed by atoms with Gasteiger partial charge in [0.15, 0.2) is 0 Å². The summed E-state index contributed by atoms with van der Waals surface area (Å²) in [7, 11) is 0. The third-order valence-corrected chi connectivity index (χ3v) is 3.72. The van der Waals surface area contributed by atoms with E-state index in [9.17, 15) is 0 Å². The topological polar surface area (TPSA) is 29.3 Å². The third-order valence-electron chi connectivity index (χ3n) is 2.99. The van der Waals surface area contributed by atoms with Crippen molar-refractivity contribution in [1.82, 2.24) is 4.90 Å². The minimum Gasteiger partial charge on any atom is -0.329 e. The Hall–Kier alpha value is -0.380. The van der Waals surface area contributed by atoms with Gasteiger partial charge in [0, 0.05) is 19.1 Å². The average Bonchev–Trinajstić information content (AvgIpc) is 2.71. The number of hydrogen-bond donors (Lipinski definition) is 1. The summed E-state index contributed by atoms with van der Waals surface area (Å²) in [5, 5.41) is 4.39. The lowest BCUT2D eigenvalue weighted by atomic mass is 10.0. The first-order valence-electron chi connectivity index (χ1n) is 5.35. The summed E-state index contributed by atoms with van der Waals surface area (Å²) in [5.41, 5.74) is 7.22. The van der Waals surface area contributed by atoms with Crippen LogP contribution in [-0.2, 0) is 6.54 Å². The summed E-state index contributed by atoms with van der Waals surface area (Å²) in [6.45, 7) is 3.12. The molecule has 2 rings (SSSR count). The van der Waals surface area contributed by atoms with Crippen molar-refractivity contribution in [2.24, 2.45) is 5.73 Å². The maximum Gasteiger partial charge on any atom is 0.0245 e. The maximum atomic E-state index is 5.78. The first kappa shape index (κ1) is 10.1. The van der Waals surface area contributed by atoms with Crippen molar-refractivity contribution < 1.29 is 0 Å². The molecule has 2 heterocycles. The smallest absolute Gasteiger partial charge is 0.0245 e. The van der Waals surface area contributed by atoms with Gasteiger partial charge in [-0.25, -0.2) is 0 Å². The molecule has 0 spiro atoms. The second-order valence-electron chi connectivity index (χ2n) is 3.99. The zero-order valence-corrected chi connectivity index (χ0v) is 9.30. The first-order valence-corrected chi connectivity index (χ1v) is 6.29. The lowest BCUT2D eigenvalue weighted by Crippen LogP contribution is -2.43. The number of nitrogens with zero attached hydrogens (tertiary/aromatic N) is 1. The highest BCUT2D eigenvalue weighted by molar-refractivity contribution is 7.07. The number of piperidine rings is 1. The van der Waals surface area contributed by atoms with Crippen LogP contribution in [-0.4, -0.2) is 24.0 Å². The molecule has 1 aliphatic rings. The van der Waals surface area contributed by atoms with Gasteiger partial charge in [0.25, 0.3) is 0 Å². The molecule has 0 aliphatic carbocycles. The predicted molar refractivity (Wildman–Crippen MR) is 61.4 cm³/mol. The van der Waals surface area contributed by atoms with E-state index in [1.54, 1.807) is 11.3 Å². The Morgan fingerprint density at radius 3 is 3.14 bits per heavy atom. The average molecular weight is 210 g/mol.